The van der Waals surface area contributed by atoms with Crippen molar-refractivity contribution in [3.63, 3.8) is 0 Å². The zero-order chi connectivity index (χ0) is 22.1. The van der Waals surface area contributed by atoms with Crippen LogP contribution in [0.4, 0.5) is 0 Å². The monoisotopic (exact) mass is 431 g/mol. The molecule has 0 spiro atoms. The van der Waals surface area contributed by atoms with Crippen LogP contribution in [0.5, 0.6) is 0 Å². The van der Waals surface area contributed by atoms with Crippen LogP contribution in [0.3, 0.4) is 0 Å². The number of hydrogen-bond acceptors (Lipinski definition) is 6. The molecule has 30 heavy (non-hydrogen) atoms. The molecule has 0 aliphatic rings. The second-order valence-corrected chi connectivity index (χ2v) is 7.99. The zero-order valence-electron chi connectivity index (χ0n) is 17.9. The molecule has 0 aliphatic heterocycles. The Bertz CT molecular complexity index is 1050. The second-order valence-electron chi connectivity index (χ2n) is 7.02. The molecule has 9 heteroatoms. The molecule has 2 aromatic heterocycles. The smallest absolute Gasteiger partial charge is 0.332 e. The van der Waals surface area contributed by atoms with Gasteiger partial charge in [-0.15, -0.1) is 6.42 Å². The molecule has 8 nitrogen and oxygen atoms in total. The number of aryl methyl sites for hydroxylation is 2. The fraction of sp³-hybridized carbons (Fsp3) is 0.571. The third-order valence-corrected chi connectivity index (χ3v) is 5.60. The van der Waals surface area contributed by atoms with E-state index >= 15 is 0 Å². The second kappa shape index (κ2) is 11.6. The maximum atomic E-state index is 12.9. The number of unbranched alkanes of at least 4 members (excludes halogenated alkanes) is 3. The lowest BCUT2D eigenvalue weighted by Crippen LogP contribution is -2.39. The van der Waals surface area contributed by atoms with Gasteiger partial charge in [0.1, 0.15) is 16.2 Å². The van der Waals surface area contributed by atoms with Crippen LogP contribution in [0.25, 0.3) is 11.0 Å². The van der Waals surface area contributed by atoms with Crippen molar-refractivity contribution in [2.24, 2.45) is 7.05 Å². The van der Waals surface area contributed by atoms with E-state index in [-0.39, 0.29) is 23.6 Å². The number of carbonyl (C=O) groups excluding carboxylic acids is 1. The summed E-state index contributed by atoms with van der Waals surface area (Å²) in [5.41, 5.74) is -0.504. The standard InChI is InChI=1S/C21H29N5O3S/c1-5-8-9-10-11-15-23-18-17(19(24-15)30-14-16(27)22-12-6-2)20(28)25(4)21(29)26(18)13-7-3/h2H,5,7-14H2,1,3-4H3,(H,22,27). The highest BCUT2D eigenvalue weighted by Crippen LogP contribution is 2.23. The van der Waals surface area contributed by atoms with Crippen LogP contribution < -0.4 is 16.6 Å². The van der Waals surface area contributed by atoms with Crippen LogP contribution in [0, 0.1) is 12.3 Å². The lowest BCUT2D eigenvalue weighted by atomic mass is 10.1. The fourth-order valence-corrected chi connectivity index (χ4v) is 3.93. The highest BCUT2D eigenvalue weighted by atomic mass is 32.2. The van der Waals surface area contributed by atoms with Crippen LogP contribution >= 0.6 is 11.8 Å². The Morgan fingerprint density at radius 1 is 1.17 bits per heavy atom. The quantitative estimate of drug-likeness (QED) is 0.252. The van der Waals surface area contributed by atoms with E-state index in [9.17, 15) is 14.4 Å². The Morgan fingerprint density at radius 2 is 1.93 bits per heavy atom. The molecule has 0 radical (unpaired) electrons. The van der Waals surface area contributed by atoms with Crippen molar-refractivity contribution < 1.29 is 4.79 Å². The van der Waals surface area contributed by atoms with Crippen molar-refractivity contribution in [1.29, 1.82) is 0 Å². The van der Waals surface area contributed by atoms with Gasteiger partial charge in [0, 0.05) is 20.0 Å². The maximum absolute atomic E-state index is 12.9. The van der Waals surface area contributed by atoms with Crippen molar-refractivity contribution in [2.75, 3.05) is 12.3 Å². The normalized spacial score (nSPS) is 10.9. The lowest BCUT2D eigenvalue weighted by molar-refractivity contribution is -0.118. The van der Waals surface area contributed by atoms with E-state index in [1.807, 2.05) is 6.92 Å². The van der Waals surface area contributed by atoms with Gasteiger partial charge in [-0.3, -0.25) is 18.7 Å². The van der Waals surface area contributed by atoms with Gasteiger partial charge in [-0.05, 0) is 12.8 Å². The first kappa shape index (κ1) is 23.7. The van der Waals surface area contributed by atoms with Crippen LogP contribution in [-0.2, 0) is 24.8 Å². The Hall–Kier alpha value is -2.60. The number of carbonyl (C=O) groups is 1. The molecule has 0 bridgehead atoms. The Balaban J connectivity index is 2.54. The van der Waals surface area contributed by atoms with Crippen LogP contribution in [0.2, 0.25) is 0 Å². The fourth-order valence-electron chi connectivity index (χ4n) is 3.07. The number of fused-ring (bicyclic) bond motifs is 1. The minimum Gasteiger partial charge on any atom is -0.344 e. The van der Waals surface area contributed by atoms with Gasteiger partial charge in [0.05, 0.1) is 12.3 Å². The molecule has 0 saturated carbocycles. The number of rotatable bonds is 11. The molecule has 0 atom stereocenters. The largest absolute Gasteiger partial charge is 0.344 e. The number of hydrogen-bond donors (Lipinski definition) is 1. The van der Waals surface area contributed by atoms with Gasteiger partial charge in [0.15, 0.2) is 5.65 Å². The molecular formula is C21H29N5O3S. The first-order valence-electron chi connectivity index (χ1n) is 10.3. The van der Waals surface area contributed by atoms with Crippen LogP contribution in [0.1, 0.15) is 51.8 Å². The van der Waals surface area contributed by atoms with E-state index in [2.05, 4.69) is 28.1 Å². The third-order valence-electron chi connectivity index (χ3n) is 4.62. The van der Waals surface area contributed by atoms with Crippen molar-refractivity contribution in [1.82, 2.24) is 24.4 Å². The minimum atomic E-state index is -0.452. The predicted octanol–water partition coefficient (Wildman–Crippen LogP) is 1.86. The maximum Gasteiger partial charge on any atom is 0.332 e. The summed E-state index contributed by atoms with van der Waals surface area (Å²) in [6.45, 7) is 4.69. The first-order chi connectivity index (χ1) is 14.4. The SMILES string of the molecule is C#CCNC(=O)CSc1nc(CCCCCC)nc2c1c(=O)n(C)c(=O)n2CCC. The van der Waals surface area contributed by atoms with Gasteiger partial charge in [0.25, 0.3) is 5.56 Å². The summed E-state index contributed by atoms with van der Waals surface area (Å²) in [7, 11) is 1.45. The predicted molar refractivity (Wildman–Crippen MR) is 120 cm³/mol. The molecule has 1 amide bonds. The van der Waals surface area contributed by atoms with E-state index in [4.69, 9.17) is 6.42 Å². The molecular weight excluding hydrogens is 402 g/mol. The highest BCUT2D eigenvalue weighted by Gasteiger charge is 2.19. The molecule has 0 aliphatic carbocycles. The first-order valence-corrected chi connectivity index (χ1v) is 11.3. The number of aromatic nitrogens is 4. The summed E-state index contributed by atoms with van der Waals surface area (Å²) in [6.07, 6.45) is 10.8. The molecule has 0 saturated heterocycles. The van der Waals surface area contributed by atoms with Crippen LogP contribution in [0.15, 0.2) is 14.6 Å². The summed E-state index contributed by atoms with van der Waals surface area (Å²) >= 11 is 1.16. The van der Waals surface area contributed by atoms with Gasteiger partial charge in [-0.1, -0.05) is 50.8 Å². The molecule has 2 aromatic rings. The zero-order valence-corrected chi connectivity index (χ0v) is 18.7. The van der Waals surface area contributed by atoms with Crippen molar-refractivity contribution >= 4 is 28.7 Å². The summed E-state index contributed by atoms with van der Waals surface area (Å²) in [4.78, 5) is 46.7. The van der Waals surface area contributed by atoms with E-state index < -0.39 is 11.2 Å². The van der Waals surface area contributed by atoms with E-state index in [0.29, 0.717) is 29.5 Å². The molecule has 0 aromatic carbocycles. The van der Waals surface area contributed by atoms with Gasteiger partial charge in [0.2, 0.25) is 5.91 Å². The molecule has 0 fully saturated rings. The Labute approximate surface area is 180 Å². The van der Waals surface area contributed by atoms with E-state index in [0.717, 1.165) is 48.4 Å². The average molecular weight is 432 g/mol. The number of nitrogens with one attached hydrogen (secondary N) is 1. The lowest BCUT2D eigenvalue weighted by Gasteiger charge is -2.14. The average Bonchev–Trinajstić information content (AvgIpc) is 2.74. The topological polar surface area (TPSA) is 98.9 Å². The molecule has 0 unspecified atom stereocenters. The summed E-state index contributed by atoms with van der Waals surface area (Å²) in [5.74, 6) is 2.77. The molecule has 2 rings (SSSR count). The minimum absolute atomic E-state index is 0.0686. The van der Waals surface area contributed by atoms with Gasteiger partial charge in [-0.25, -0.2) is 14.8 Å². The van der Waals surface area contributed by atoms with E-state index in [1.54, 1.807) is 0 Å². The molecule has 2 heterocycles. The molecule has 1 N–H and O–H groups in total. The van der Waals surface area contributed by atoms with Gasteiger partial charge in [-0.2, -0.15) is 0 Å². The van der Waals surface area contributed by atoms with Crippen molar-refractivity contribution in [3.8, 4) is 12.3 Å². The third kappa shape index (κ3) is 5.72. The summed E-state index contributed by atoms with van der Waals surface area (Å²) in [5, 5.41) is 3.30. The number of terminal acetylenes is 1. The number of amides is 1. The summed E-state index contributed by atoms with van der Waals surface area (Å²) in [6, 6.07) is 0. The van der Waals surface area contributed by atoms with Gasteiger partial charge >= 0.3 is 5.69 Å². The number of nitrogens with zero attached hydrogens (tertiary/aromatic N) is 4. The number of thioether (sulfide) groups is 1. The Kier molecular flexibility index (Phi) is 9.12. The molecule has 162 valence electrons. The van der Waals surface area contributed by atoms with E-state index in [1.165, 1.54) is 11.6 Å². The van der Waals surface area contributed by atoms with Crippen molar-refractivity contribution in [3.05, 3.63) is 26.7 Å². The van der Waals surface area contributed by atoms with Gasteiger partial charge < -0.3 is 5.32 Å². The Morgan fingerprint density at radius 3 is 2.60 bits per heavy atom. The summed E-state index contributed by atoms with van der Waals surface area (Å²) < 4.78 is 2.60. The highest BCUT2D eigenvalue weighted by molar-refractivity contribution is 8.00. The van der Waals surface area contributed by atoms with Crippen molar-refractivity contribution in [2.45, 2.75) is 63.9 Å². The van der Waals surface area contributed by atoms with Crippen LogP contribution in [-0.4, -0.2) is 37.3 Å².